The Hall–Kier alpha value is -2.55. The molecule has 2 aromatic carbocycles. The smallest absolute Gasteiger partial charge is 0.356 e. The van der Waals surface area contributed by atoms with Gasteiger partial charge >= 0.3 is 11.9 Å². The Morgan fingerprint density at radius 1 is 0.955 bits per heavy atom. The van der Waals surface area contributed by atoms with Crippen LogP contribution in [0.5, 0.6) is 0 Å². The van der Waals surface area contributed by atoms with Crippen molar-refractivity contribution in [2.45, 2.75) is 0 Å². The van der Waals surface area contributed by atoms with E-state index in [9.17, 15) is 18.4 Å². The minimum atomic E-state index is -3.01. The first-order chi connectivity index (χ1) is 10.5. The van der Waals surface area contributed by atoms with Crippen LogP contribution in [0.1, 0.15) is 20.7 Å². The maximum atomic E-state index is 11.7. The van der Waals surface area contributed by atoms with Gasteiger partial charge in [0, 0.05) is 0 Å². The van der Waals surface area contributed by atoms with Crippen LogP contribution in [0.3, 0.4) is 0 Å². The maximum Gasteiger partial charge on any atom is 0.356 e. The second kappa shape index (κ2) is 6.94. The van der Waals surface area contributed by atoms with Gasteiger partial charge in [0.15, 0.2) is 0 Å². The van der Waals surface area contributed by atoms with Crippen LogP contribution < -0.4 is 5.90 Å². The topological polar surface area (TPSA) is 119 Å². The zero-order valence-corrected chi connectivity index (χ0v) is 11.9. The van der Waals surface area contributed by atoms with Crippen molar-refractivity contribution in [2.24, 2.45) is 5.90 Å². The lowest BCUT2D eigenvalue weighted by Gasteiger charge is -2.09. The zero-order chi connectivity index (χ0) is 16.1. The lowest BCUT2D eigenvalue weighted by molar-refractivity contribution is 0.0503. The molecule has 0 aliphatic rings. The first-order valence-corrected chi connectivity index (χ1v) is 6.94. The number of hydrogen-bond acceptors (Lipinski definition) is 7. The van der Waals surface area contributed by atoms with Crippen LogP contribution in [-0.4, -0.2) is 20.7 Å². The molecule has 0 bridgehead atoms. The summed E-state index contributed by atoms with van der Waals surface area (Å²) in [5.41, 5.74) is 1.09. The Morgan fingerprint density at radius 2 is 1.55 bits per heavy atom. The molecule has 0 saturated heterocycles. The molecule has 0 aliphatic heterocycles. The highest BCUT2D eigenvalue weighted by Crippen LogP contribution is 2.23. The minimum Gasteiger partial charge on any atom is -0.740 e. The van der Waals surface area contributed by atoms with Gasteiger partial charge < -0.3 is 13.6 Å². The van der Waals surface area contributed by atoms with Gasteiger partial charge in [0.05, 0.1) is 11.1 Å². The van der Waals surface area contributed by atoms with E-state index >= 15 is 0 Å². The highest BCUT2D eigenvalue weighted by molar-refractivity contribution is 7.74. The number of carbonyl (C=O) groups excluding carboxylic acids is 2. The van der Waals surface area contributed by atoms with Gasteiger partial charge in [0.1, 0.15) is 11.4 Å². The van der Waals surface area contributed by atoms with Crippen molar-refractivity contribution in [3.05, 3.63) is 59.7 Å². The van der Waals surface area contributed by atoms with Crippen LogP contribution in [0, 0.1) is 0 Å². The Balaban J connectivity index is 2.52. The number of benzene rings is 2. The summed E-state index contributed by atoms with van der Waals surface area (Å²) in [5, 5.41) is 0. The Kier molecular flexibility index (Phi) is 4.99. The molecule has 2 rings (SSSR count). The fourth-order valence-electron chi connectivity index (χ4n) is 1.84. The molecule has 0 fully saturated rings. The fourth-order valence-corrected chi connectivity index (χ4v) is 2.06. The second-order valence-electron chi connectivity index (χ2n) is 4.15. The van der Waals surface area contributed by atoms with Crippen molar-refractivity contribution in [3.63, 3.8) is 0 Å². The van der Waals surface area contributed by atoms with Crippen molar-refractivity contribution in [1.29, 1.82) is 0 Å². The van der Waals surface area contributed by atoms with Gasteiger partial charge in [0.25, 0.3) is 0 Å². The Bertz CT molecular complexity index is 731. The van der Waals surface area contributed by atoms with Crippen molar-refractivity contribution in [2.75, 3.05) is 0 Å². The van der Waals surface area contributed by atoms with E-state index in [1.807, 2.05) is 0 Å². The average molecular weight is 320 g/mol. The molecule has 1 unspecified atom stereocenters. The van der Waals surface area contributed by atoms with Gasteiger partial charge in [-0.05, 0) is 29.3 Å². The lowest BCUT2D eigenvalue weighted by Crippen LogP contribution is -2.13. The molecule has 1 atom stereocenters. The van der Waals surface area contributed by atoms with Crippen molar-refractivity contribution >= 4 is 23.3 Å². The van der Waals surface area contributed by atoms with E-state index in [4.69, 9.17) is 5.90 Å². The molecular formula is C14H10NO6S-. The summed E-state index contributed by atoms with van der Waals surface area (Å²) in [4.78, 5) is 27.4. The second-order valence-corrected chi connectivity index (χ2v) is 4.72. The van der Waals surface area contributed by atoms with Crippen molar-refractivity contribution < 1.29 is 27.4 Å². The SMILES string of the molecule is NOC(=O)c1cc(C(=O)OS(=O)[O-])cc(-c2ccccc2)c1. The maximum absolute atomic E-state index is 11.7. The van der Waals surface area contributed by atoms with Crippen LogP contribution in [0.2, 0.25) is 0 Å². The zero-order valence-electron chi connectivity index (χ0n) is 11.1. The average Bonchev–Trinajstić information content (AvgIpc) is 2.53. The van der Waals surface area contributed by atoms with Gasteiger partial charge in [-0.3, -0.25) is 0 Å². The van der Waals surface area contributed by atoms with E-state index in [0.717, 1.165) is 6.07 Å². The monoisotopic (exact) mass is 320 g/mol. The Labute approximate surface area is 128 Å². The van der Waals surface area contributed by atoms with Gasteiger partial charge in [-0.1, -0.05) is 30.3 Å². The van der Waals surface area contributed by atoms with Crippen LogP contribution in [0.25, 0.3) is 11.1 Å². The van der Waals surface area contributed by atoms with Crippen LogP contribution >= 0.6 is 0 Å². The van der Waals surface area contributed by atoms with Gasteiger partial charge in [-0.15, -0.1) is 0 Å². The summed E-state index contributed by atoms with van der Waals surface area (Å²) in [5.74, 6) is 2.86. The molecule has 0 amide bonds. The summed E-state index contributed by atoms with van der Waals surface area (Å²) in [6, 6.07) is 12.9. The molecule has 7 nitrogen and oxygen atoms in total. The molecule has 22 heavy (non-hydrogen) atoms. The minimum absolute atomic E-state index is 0.00696. The van der Waals surface area contributed by atoms with E-state index in [1.165, 1.54) is 12.1 Å². The third-order valence-corrected chi connectivity index (χ3v) is 3.05. The molecule has 8 heteroatoms. The van der Waals surface area contributed by atoms with E-state index < -0.39 is 23.3 Å². The standard InChI is InChI=1S/C14H11NO6S/c15-20-13(16)11-6-10(9-4-2-1-3-5-9)7-12(8-11)14(17)21-22(18)19/h1-8H,15H2,(H,18,19)/p-1. The van der Waals surface area contributed by atoms with E-state index in [1.54, 1.807) is 30.3 Å². The summed E-state index contributed by atoms with van der Waals surface area (Å²) >= 11 is -3.01. The van der Waals surface area contributed by atoms with Crippen molar-refractivity contribution in [1.82, 2.24) is 0 Å². The molecule has 0 saturated carbocycles. The highest BCUT2D eigenvalue weighted by atomic mass is 32.2. The molecule has 0 heterocycles. The number of rotatable bonds is 4. The van der Waals surface area contributed by atoms with Crippen molar-refractivity contribution in [3.8, 4) is 11.1 Å². The third-order valence-electron chi connectivity index (χ3n) is 2.76. The van der Waals surface area contributed by atoms with Crippen LogP contribution in [0.15, 0.2) is 48.5 Å². The molecule has 0 aliphatic carbocycles. The molecule has 114 valence electrons. The number of nitrogens with two attached hydrogens (primary N) is 1. The molecular weight excluding hydrogens is 310 g/mol. The molecule has 0 spiro atoms. The predicted octanol–water partition coefficient (Wildman–Crippen LogP) is 1.34. The number of carbonyl (C=O) groups is 2. The van der Waals surface area contributed by atoms with Crippen LogP contribution in [0.4, 0.5) is 0 Å². The van der Waals surface area contributed by atoms with Gasteiger partial charge in [-0.2, -0.15) is 5.90 Å². The summed E-state index contributed by atoms with van der Waals surface area (Å²) in [6.07, 6.45) is 0. The van der Waals surface area contributed by atoms with E-state index in [-0.39, 0.29) is 11.1 Å². The summed E-state index contributed by atoms with van der Waals surface area (Å²) in [7, 11) is 0. The molecule has 0 radical (unpaired) electrons. The molecule has 0 aromatic heterocycles. The third kappa shape index (κ3) is 3.76. The number of hydrogen-bond donors (Lipinski definition) is 1. The van der Waals surface area contributed by atoms with E-state index in [2.05, 4.69) is 9.02 Å². The largest absolute Gasteiger partial charge is 0.740 e. The normalized spacial score (nSPS) is 11.5. The Morgan fingerprint density at radius 3 is 2.09 bits per heavy atom. The van der Waals surface area contributed by atoms with Crippen LogP contribution in [-0.2, 0) is 20.4 Å². The van der Waals surface area contributed by atoms with E-state index in [0.29, 0.717) is 11.1 Å². The van der Waals surface area contributed by atoms with Gasteiger partial charge in [-0.25, -0.2) is 13.8 Å². The van der Waals surface area contributed by atoms with Gasteiger partial charge in [0.2, 0.25) is 0 Å². The summed E-state index contributed by atoms with van der Waals surface area (Å²) < 4.78 is 25.0. The molecule has 2 N–H and O–H groups in total. The summed E-state index contributed by atoms with van der Waals surface area (Å²) in [6.45, 7) is 0. The quantitative estimate of drug-likeness (QED) is 0.666. The fraction of sp³-hybridized carbons (Fsp3) is 0. The predicted molar refractivity (Wildman–Crippen MR) is 75.8 cm³/mol. The first-order valence-electron chi connectivity index (χ1n) is 5.94. The lowest BCUT2D eigenvalue weighted by atomic mass is 10.00. The molecule has 2 aromatic rings. The first kappa shape index (κ1) is 15.8. The highest BCUT2D eigenvalue weighted by Gasteiger charge is 2.16.